The molecular weight excluding hydrogens is 152 g/mol. The summed E-state index contributed by atoms with van der Waals surface area (Å²) < 4.78 is 0. The summed E-state index contributed by atoms with van der Waals surface area (Å²) in [6.07, 6.45) is 2.64. The van der Waals surface area contributed by atoms with E-state index in [0.29, 0.717) is 6.42 Å². The van der Waals surface area contributed by atoms with Crippen molar-refractivity contribution in [3.05, 3.63) is 0 Å². The van der Waals surface area contributed by atoms with Crippen molar-refractivity contribution in [2.24, 2.45) is 5.73 Å². The van der Waals surface area contributed by atoms with Gasteiger partial charge in [0.05, 0.1) is 6.04 Å². The lowest BCUT2D eigenvalue weighted by atomic mass is 10.1. The molecule has 1 amide bonds. The van der Waals surface area contributed by atoms with Crippen LogP contribution in [0.15, 0.2) is 0 Å². The van der Waals surface area contributed by atoms with Crippen LogP contribution >= 0.6 is 0 Å². The van der Waals surface area contributed by atoms with Gasteiger partial charge < -0.3 is 11.1 Å². The van der Waals surface area contributed by atoms with Crippen molar-refractivity contribution in [3.63, 3.8) is 0 Å². The summed E-state index contributed by atoms with van der Waals surface area (Å²) in [6.45, 7) is 6.04. The minimum atomic E-state index is -0.342. The topological polar surface area (TPSA) is 55.1 Å². The molecule has 0 aromatic carbocycles. The van der Waals surface area contributed by atoms with Crippen LogP contribution in [0, 0.1) is 0 Å². The average molecular weight is 172 g/mol. The Morgan fingerprint density at radius 2 is 1.75 bits per heavy atom. The van der Waals surface area contributed by atoms with E-state index < -0.39 is 0 Å². The van der Waals surface area contributed by atoms with E-state index in [1.807, 2.05) is 6.92 Å². The number of rotatable bonds is 5. The Morgan fingerprint density at radius 1 is 1.25 bits per heavy atom. The molecule has 3 nitrogen and oxygen atoms in total. The molecule has 1 atom stereocenters. The van der Waals surface area contributed by atoms with Crippen molar-refractivity contribution in [1.29, 1.82) is 0 Å². The average Bonchev–Trinajstić information content (AvgIpc) is 2.12. The molecule has 0 unspecified atom stereocenters. The molecule has 0 heterocycles. The Morgan fingerprint density at radius 3 is 2.08 bits per heavy atom. The Balaban J connectivity index is 3.81. The minimum Gasteiger partial charge on any atom is -0.352 e. The molecule has 0 aromatic rings. The van der Waals surface area contributed by atoms with Gasteiger partial charge in [0, 0.05) is 6.04 Å². The van der Waals surface area contributed by atoms with Gasteiger partial charge in [0.1, 0.15) is 0 Å². The normalized spacial score (nSPS) is 13.1. The summed E-state index contributed by atoms with van der Waals surface area (Å²) in [5.74, 6) is -0.0220. The van der Waals surface area contributed by atoms with Gasteiger partial charge in [0.2, 0.25) is 5.91 Å². The van der Waals surface area contributed by atoms with Crippen LogP contribution < -0.4 is 11.1 Å². The second kappa shape index (κ2) is 6.00. The van der Waals surface area contributed by atoms with Crippen LogP contribution in [0.4, 0.5) is 0 Å². The highest BCUT2D eigenvalue weighted by atomic mass is 16.2. The summed E-state index contributed by atoms with van der Waals surface area (Å²) in [6, 6.07) is -0.0549. The molecule has 12 heavy (non-hydrogen) atoms. The molecule has 0 aliphatic rings. The van der Waals surface area contributed by atoms with Crippen molar-refractivity contribution >= 4 is 5.91 Å². The largest absolute Gasteiger partial charge is 0.352 e. The number of hydrogen-bond donors (Lipinski definition) is 2. The van der Waals surface area contributed by atoms with Gasteiger partial charge in [-0.3, -0.25) is 4.79 Å². The molecule has 3 N–H and O–H groups in total. The van der Waals surface area contributed by atoms with E-state index in [2.05, 4.69) is 19.2 Å². The minimum absolute atomic E-state index is 0.0220. The molecule has 0 aliphatic heterocycles. The zero-order valence-electron chi connectivity index (χ0n) is 8.26. The second-order valence-electron chi connectivity index (χ2n) is 3.04. The van der Waals surface area contributed by atoms with Crippen LogP contribution in [0.1, 0.15) is 40.0 Å². The van der Waals surface area contributed by atoms with Crippen LogP contribution in [-0.2, 0) is 4.79 Å². The van der Waals surface area contributed by atoms with Crippen LogP contribution in [0.25, 0.3) is 0 Å². The Hall–Kier alpha value is -0.570. The Kier molecular flexibility index (Phi) is 5.72. The monoisotopic (exact) mass is 172 g/mol. The molecule has 0 saturated carbocycles. The first kappa shape index (κ1) is 11.4. The maximum atomic E-state index is 11.3. The third-order valence-corrected chi connectivity index (χ3v) is 2.11. The van der Waals surface area contributed by atoms with Gasteiger partial charge in [0.25, 0.3) is 0 Å². The molecule has 3 heteroatoms. The predicted molar refractivity (Wildman–Crippen MR) is 50.8 cm³/mol. The Bertz CT molecular complexity index is 132. The number of nitrogens with one attached hydrogen (secondary N) is 1. The first-order valence-corrected chi connectivity index (χ1v) is 4.71. The lowest BCUT2D eigenvalue weighted by Crippen LogP contribution is -2.44. The summed E-state index contributed by atoms with van der Waals surface area (Å²) in [7, 11) is 0. The van der Waals surface area contributed by atoms with Crippen LogP contribution in [0.5, 0.6) is 0 Å². The van der Waals surface area contributed by atoms with E-state index in [0.717, 1.165) is 12.8 Å². The summed E-state index contributed by atoms with van der Waals surface area (Å²) >= 11 is 0. The molecule has 72 valence electrons. The number of carbonyl (C=O) groups excluding carboxylic acids is 1. The van der Waals surface area contributed by atoms with Gasteiger partial charge in [-0.2, -0.15) is 0 Å². The van der Waals surface area contributed by atoms with Crippen LogP contribution in [0.2, 0.25) is 0 Å². The van der Waals surface area contributed by atoms with Crippen molar-refractivity contribution < 1.29 is 4.79 Å². The van der Waals surface area contributed by atoms with E-state index in [1.54, 1.807) is 0 Å². The first-order valence-electron chi connectivity index (χ1n) is 4.71. The van der Waals surface area contributed by atoms with Gasteiger partial charge in [-0.05, 0) is 19.3 Å². The number of carbonyl (C=O) groups is 1. The molecule has 0 bridgehead atoms. The van der Waals surface area contributed by atoms with Crippen molar-refractivity contribution in [1.82, 2.24) is 5.32 Å². The fourth-order valence-electron chi connectivity index (χ4n) is 0.986. The fraction of sp³-hybridized carbons (Fsp3) is 0.889. The lowest BCUT2D eigenvalue weighted by Gasteiger charge is -2.17. The van der Waals surface area contributed by atoms with E-state index in [9.17, 15) is 4.79 Å². The molecule has 0 fully saturated rings. The third-order valence-electron chi connectivity index (χ3n) is 2.11. The highest BCUT2D eigenvalue weighted by molar-refractivity contribution is 5.81. The standard InChI is InChI=1S/C9H20N2O/c1-4-7(5-2)11-9(12)8(10)6-3/h7-8H,4-6,10H2,1-3H3,(H,11,12)/t8-/m1/s1. The predicted octanol–water partition coefficient (Wildman–Crippen LogP) is 1.03. The summed E-state index contributed by atoms with van der Waals surface area (Å²) in [4.78, 5) is 11.3. The van der Waals surface area contributed by atoms with Gasteiger partial charge in [-0.1, -0.05) is 20.8 Å². The lowest BCUT2D eigenvalue weighted by molar-refractivity contribution is -0.123. The molecule has 0 aromatic heterocycles. The highest BCUT2D eigenvalue weighted by Gasteiger charge is 2.13. The summed E-state index contributed by atoms with van der Waals surface area (Å²) in [5.41, 5.74) is 5.56. The maximum absolute atomic E-state index is 11.3. The molecule has 0 rings (SSSR count). The van der Waals surface area contributed by atoms with Crippen LogP contribution in [-0.4, -0.2) is 18.0 Å². The highest BCUT2D eigenvalue weighted by Crippen LogP contribution is 1.97. The van der Waals surface area contributed by atoms with E-state index in [4.69, 9.17) is 5.73 Å². The van der Waals surface area contributed by atoms with Crippen molar-refractivity contribution in [3.8, 4) is 0 Å². The number of amides is 1. The third kappa shape index (κ3) is 3.72. The van der Waals surface area contributed by atoms with Crippen molar-refractivity contribution in [2.45, 2.75) is 52.1 Å². The number of nitrogens with two attached hydrogens (primary N) is 1. The zero-order chi connectivity index (χ0) is 9.56. The van der Waals surface area contributed by atoms with E-state index >= 15 is 0 Å². The molecule has 0 aliphatic carbocycles. The smallest absolute Gasteiger partial charge is 0.237 e. The van der Waals surface area contributed by atoms with Crippen molar-refractivity contribution in [2.75, 3.05) is 0 Å². The zero-order valence-corrected chi connectivity index (χ0v) is 8.26. The molecular formula is C9H20N2O. The second-order valence-corrected chi connectivity index (χ2v) is 3.04. The molecule has 0 radical (unpaired) electrons. The number of hydrogen-bond acceptors (Lipinski definition) is 2. The molecule has 0 saturated heterocycles. The fourth-order valence-corrected chi connectivity index (χ4v) is 0.986. The van der Waals surface area contributed by atoms with Gasteiger partial charge in [0.15, 0.2) is 0 Å². The van der Waals surface area contributed by atoms with Gasteiger partial charge in [-0.25, -0.2) is 0 Å². The van der Waals surface area contributed by atoms with E-state index in [-0.39, 0.29) is 18.0 Å². The van der Waals surface area contributed by atoms with Crippen LogP contribution in [0.3, 0.4) is 0 Å². The van der Waals surface area contributed by atoms with Gasteiger partial charge >= 0.3 is 0 Å². The van der Waals surface area contributed by atoms with Gasteiger partial charge in [-0.15, -0.1) is 0 Å². The maximum Gasteiger partial charge on any atom is 0.237 e. The SMILES string of the molecule is CCC(CC)NC(=O)[C@H](N)CC. The quantitative estimate of drug-likeness (QED) is 0.650. The Labute approximate surface area is 74.7 Å². The summed E-state index contributed by atoms with van der Waals surface area (Å²) in [5, 5.41) is 2.90. The first-order chi connectivity index (χ1) is 5.65. The molecule has 0 spiro atoms. The van der Waals surface area contributed by atoms with E-state index in [1.165, 1.54) is 0 Å².